The molecule has 0 spiro atoms. The Morgan fingerprint density at radius 2 is 1.96 bits per heavy atom. The minimum atomic E-state index is -0.0519. The van der Waals surface area contributed by atoms with Crippen LogP contribution in [0.5, 0.6) is 0 Å². The van der Waals surface area contributed by atoms with Gasteiger partial charge < -0.3 is 5.32 Å². The Morgan fingerprint density at radius 3 is 2.60 bits per heavy atom. The number of likely N-dealkylation sites (tertiary alicyclic amines) is 1. The molecule has 0 unspecified atom stereocenters. The summed E-state index contributed by atoms with van der Waals surface area (Å²) in [5, 5.41) is 2.74. The van der Waals surface area contributed by atoms with Crippen molar-refractivity contribution < 1.29 is 4.79 Å². The summed E-state index contributed by atoms with van der Waals surface area (Å²) in [6.45, 7) is 5.16. The molecule has 2 aromatic rings. The smallest absolute Gasteiger partial charge is 0.217 e. The van der Waals surface area contributed by atoms with E-state index >= 15 is 0 Å². The third-order valence-electron chi connectivity index (χ3n) is 4.61. The molecule has 1 amide bonds. The van der Waals surface area contributed by atoms with Crippen molar-refractivity contribution in [3.8, 4) is 0 Å². The molecule has 6 nitrogen and oxygen atoms in total. The summed E-state index contributed by atoms with van der Waals surface area (Å²) < 4.78 is 0. The largest absolute Gasteiger partial charge is 0.351 e. The molecule has 0 saturated carbocycles. The van der Waals surface area contributed by atoms with E-state index in [4.69, 9.17) is 0 Å². The second-order valence-electron chi connectivity index (χ2n) is 6.69. The van der Waals surface area contributed by atoms with Crippen molar-refractivity contribution in [2.24, 2.45) is 5.92 Å². The molecule has 132 valence electrons. The molecule has 6 heteroatoms. The highest BCUT2D eigenvalue weighted by Gasteiger charge is 2.20. The summed E-state index contributed by atoms with van der Waals surface area (Å²) in [6, 6.07) is 4.13. The maximum Gasteiger partial charge on any atom is 0.217 e. The summed E-state index contributed by atoms with van der Waals surface area (Å²) in [6.07, 6.45) is 10.7. The maximum atomic E-state index is 10.9. The molecule has 1 saturated heterocycles. The highest BCUT2D eigenvalue weighted by molar-refractivity contribution is 5.72. The van der Waals surface area contributed by atoms with Crippen LogP contribution in [0.15, 0.2) is 36.9 Å². The minimum Gasteiger partial charge on any atom is -0.351 e. The molecule has 25 heavy (non-hydrogen) atoms. The molecule has 1 aliphatic rings. The Balaban J connectivity index is 1.43. The van der Waals surface area contributed by atoms with Gasteiger partial charge in [0.15, 0.2) is 0 Å². The highest BCUT2D eigenvalue weighted by atomic mass is 16.1. The lowest BCUT2D eigenvalue weighted by Gasteiger charge is -2.31. The molecule has 2 aromatic heterocycles. The molecular formula is C19H25N5O. The molecular weight excluding hydrogens is 314 g/mol. The Morgan fingerprint density at radius 1 is 1.20 bits per heavy atom. The van der Waals surface area contributed by atoms with E-state index in [0.29, 0.717) is 12.5 Å². The first-order valence-electron chi connectivity index (χ1n) is 8.84. The van der Waals surface area contributed by atoms with Crippen LogP contribution in [-0.2, 0) is 24.3 Å². The number of amides is 1. The summed E-state index contributed by atoms with van der Waals surface area (Å²) in [4.78, 5) is 26.5. The normalized spacial score (nSPS) is 15.9. The van der Waals surface area contributed by atoms with E-state index in [9.17, 15) is 4.79 Å². The SMILES string of the molecule is CC(=O)NCc1cnc(CC2CCN(Cc3cccnc3)CC2)cn1. The maximum absolute atomic E-state index is 10.9. The van der Waals surface area contributed by atoms with E-state index in [1.165, 1.54) is 25.3 Å². The molecule has 3 rings (SSSR count). The second kappa shape index (κ2) is 8.67. The molecule has 3 heterocycles. The summed E-state index contributed by atoms with van der Waals surface area (Å²) in [7, 11) is 0. The Hall–Kier alpha value is -2.34. The summed E-state index contributed by atoms with van der Waals surface area (Å²) >= 11 is 0. The van der Waals surface area contributed by atoms with Crippen molar-refractivity contribution in [2.45, 2.75) is 39.3 Å². The van der Waals surface area contributed by atoms with Crippen LogP contribution < -0.4 is 5.32 Å². The van der Waals surface area contributed by atoms with Gasteiger partial charge in [0, 0.05) is 32.1 Å². The number of hydrogen-bond acceptors (Lipinski definition) is 5. The lowest BCUT2D eigenvalue weighted by molar-refractivity contribution is -0.119. The van der Waals surface area contributed by atoms with E-state index in [1.807, 2.05) is 24.7 Å². The quantitative estimate of drug-likeness (QED) is 0.871. The zero-order valence-electron chi connectivity index (χ0n) is 14.7. The average molecular weight is 339 g/mol. The molecule has 0 aromatic carbocycles. The van der Waals surface area contributed by atoms with Gasteiger partial charge in [-0.05, 0) is 49.9 Å². The van der Waals surface area contributed by atoms with Crippen molar-refractivity contribution in [1.29, 1.82) is 0 Å². The zero-order valence-corrected chi connectivity index (χ0v) is 14.7. The summed E-state index contributed by atoms with van der Waals surface area (Å²) in [5.41, 5.74) is 3.11. The molecule has 0 radical (unpaired) electrons. The first-order chi connectivity index (χ1) is 12.2. The van der Waals surface area contributed by atoms with Crippen molar-refractivity contribution in [1.82, 2.24) is 25.2 Å². The van der Waals surface area contributed by atoms with Crippen LogP contribution >= 0.6 is 0 Å². The number of hydrogen-bond donors (Lipinski definition) is 1. The number of rotatable bonds is 6. The van der Waals surface area contributed by atoms with Crippen LogP contribution in [0.2, 0.25) is 0 Å². The number of carbonyl (C=O) groups is 1. The van der Waals surface area contributed by atoms with Crippen LogP contribution in [-0.4, -0.2) is 38.8 Å². The van der Waals surface area contributed by atoms with Crippen molar-refractivity contribution in [2.75, 3.05) is 13.1 Å². The third kappa shape index (κ3) is 5.60. The number of nitrogens with one attached hydrogen (secondary N) is 1. The number of nitrogens with zero attached hydrogens (tertiary/aromatic N) is 4. The van der Waals surface area contributed by atoms with Crippen molar-refractivity contribution in [3.05, 3.63) is 53.9 Å². The van der Waals surface area contributed by atoms with Gasteiger partial charge in [-0.1, -0.05) is 6.07 Å². The molecule has 0 aliphatic carbocycles. The topological polar surface area (TPSA) is 71.0 Å². The second-order valence-corrected chi connectivity index (χ2v) is 6.69. The fourth-order valence-corrected chi connectivity index (χ4v) is 3.19. The fraction of sp³-hybridized carbons (Fsp3) is 0.474. The van der Waals surface area contributed by atoms with Gasteiger partial charge in [-0.15, -0.1) is 0 Å². The van der Waals surface area contributed by atoms with Crippen molar-refractivity contribution >= 4 is 5.91 Å². The van der Waals surface area contributed by atoms with Crippen LogP contribution in [0.3, 0.4) is 0 Å². The number of carbonyl (C=O) groups excluding carboxylic acids is 1. The molecule has 0 bridgehead atoms. The van der Waals surface area contributed by atoms with Crippen LogP contribution in [0.25, 0.3) is 0 Å². The van der Waals surface area contributed by atoms with E-state index in [0.717, 1.165) is 37.4 Å². The fourth-order valence-electron chi connectivity index (χ4n) is 3.19. The highest BCUT2D eigenvalue weighted by Crippen LogP contribution is 2.21. The Bertz CT molecular complexity index is 666. The standard InChI is InChI=1S/C19H25N5O/c1-15(25)21-12-19-13-22-18(11-23-19)9-16-4-7-24(8-5-16)14-17-3-2-6-20-10-17/h2-3,6,10-11,13,16H,4-5,7-9,12,14H2,1H3,(H,21,25). The molecule has 1 aliphatic heterocycles. The van der Waals surface area contributed by atoms with Gasteiger partial charge in [0.2, 0.25) is 5.91 Å². The monoisotopic (exact) mass is 339 g/mol. The Kier molecular flexibility index (Phi) is 6.06. The van der Waals surface area contributed by atoms with E-state index in [-0.39, 0.29) is 5.91 Å². The lowest BCUT2D eigenvalue weighted by atomic mass is 9.92. The van der Waals surface area contributed by atoms with Gasteiger partial charge in [-0.2, -0.15) is 0 Å². The number of pyridine rings is 1. The van der Waals surface area contributed by atoms with Crippen LogP contribution in [0.4, 0.5) is 0 Å². The van der Waals surface area contributed by atoms with E-state index < -0.39 is 0 Å². The summed E-state index contributed by atoms with van der Waals surface area (Å²) in [5.74, 6) is 0.615. The van der Waals surface area contributed by atoms with Crippen LogP contribution in [0, 0.1) is 5.92 Å². The zero-order chi connectivity index (χ0) is 17.5. The van der Waals surface area contributed by atoms with Gasteiger partial charge in [0.25, 0.3) is 0 Å². The molecule has 1 N–H and O–H groups in total. The average Bonchev–Trinajstić information content (AvgIpc) is 2.64. The predicted molar refractivity (Wildman–Crippen MR) is 95.5 cm³/mol. The van der Waals surface area contributed by atoms with Gasteiger partial charge in [-0.25, -0.2) is 0 Å². The van der Waals surface area contributed by atoms with Crippen LogP contribution in [0.1, 0.15) is 36.7 Å². The predicted octanol–water partition coefficient (Wildman–Crippen LogP) is 1.96. The van der Waals surface area contributed by atoms with Gasteiger partial charge in [0.05, 0.1) is 24.1 Å². The van der Waals surface area contributed by atoms with Gasteiger partial charge in [0.1, 0.15) is 0 Å². The number of piperidine rings is 1. The first-order valence-corrected chi connectivity index (χ1v) is 8.84. The van der Waals surface area contributed by atoms with Gasteiger partial charge >= 0.3 is 0 Å². The molecule has 1 fully saturated rings. The third-order valence-corrected chi connectivity index (χ3v) is 4.61. The number of aromatic nitrogens is 3. The Labute approximate surface area is 148 Å². The van der Waals surface area contributed by atoms with Gasteiger partial charge in [-0.3, -0.25) is 24.6 Å². The van der Waals surface area contributed by atoms with E-state index in [1.54, 1.807) is 6.20 Å². The van der Waals surface area contributed by atoms with E-state index in [2.05, 4.69) is 31.2 Å². The van der Waals surface area contributed by atoms with Crippen molar-refractivity contribution in [3.63, 3.8) is 0 Å². The molecule has 0 atom stereocenters. The lowest BCUT2D eigenvalue weighted by Crippen LogP contribution is -2.34. The minimum absolute atomic E-state index is 0.0519. The first kappa shape index (κ1) is 17.5.